The standard InChI is InChI=1S/C17H28N2O/c1-14(2)20-16-9-6-5-8-15(16)12-18-13-17(19(3)4)10-7-11-17/h5-6,8-9,14,18H,7,10-13H2,1-4H3. The zero-order valence-electron chi connectivity index (χ0n) is 13.3. The fourth-order valence-corrected chi connectivity index (χ4v) is 2.82. The molecule has 0 unspecified atom stereocenters. The van der Waals surface area contributed by atoms with E-state index >= 15 is 0 Å². The van der Waals surface area contributed by atoms with Crippen molar-refractivity contribution in [1.29, 1.82) is 0 Å². The van der Waals surface area contributed by atoms with E-state index in [2.05, 4.69) is 56.4 Å². The van der Waals surface area contributed by atoms with Gasteiger partial charge in [-0.2, -0.15) is 0 Å². The van der Waals surface area contributed by atoms with Crippen molar-refractivity contribution in [3.63, 3.8) is 0 Å². The highest BCUT2D eigenvalue weighted by Gasteiger charge is 2.38. The van der Waals surface area contributed by atoms with Gasteiger partial charge in [-0.3, -0.25) is 0 Å². The molecule has 0 spiro atoms. The number of rotatable bonds is 7. The molecule has 0 saturated heterocycles. The molecule has 0 aliphatic heterocycles. The predicted molar refractivity (Wildman–Crippen MR) is 84.2 cm³/mol. The van der Waals surface area contributed by atoms with Crippen LogP contribution in [-0.2, 0) is 6.54 Å². The molecule has 1 N–H and O–H groups in total. The average molecular weight is 276 g/mol. The minimum atomic E-state index is 0.218. The van der Waals surface area contributed by atoms with Gasteiger partial charge < -0.3 is 15.0 Å². The first-order valence-corrected chi connectivity index (χ1v) is 7.66. The van der Waals surface area contributed by atoms with Crippen molar-refractivity contribution < 1.29 is 4.74 Å². The van der Waals surface area contributed by atoms with Crippen LogP contribution in [0.15, 0.2) is 24.3 Å². The summed E-state index contributed by atoms with van der Waals surface area (Å²) in [7, 11) is 4.38. The van der Waals surface area contributed by atoms with Gasteiger partial charge in [0, 0.05) is 24.2 Å². The summed E-state index contributed by atoms with van der Waals surface area (Å²) in [6, 6.07) is 8.32. The molecule has 0 amide bonds. The van der Waals surface area contributed by atoms with Crippen LogP contribution in [-0.4, -0.2) is 37.2 Å². The van der Waals surface area contributed by atoms with Gasteiger partial charge in [0.15, 0.2) is 0 Å². The fourth-order valence-electron chi connectivity index (χ4n) is 2.82. The zero-order chi connectivity index (χ0) is 14.6. The fraction of sp³-hybridized carbons (Fsp3) is 0.647. The Balaban J connectivity index is 1.91. The van der Waals surface area contributed by atoms with Gasteiger partial charge in [-0.1, -0.05) is 18.2 Å². The molecule has 112 valence electrons. The van der Waals surface area contributed by atoms with Gasteiger partial charge in [0.2, 0.25) is 0 Å². The molecule has 1 aromatic rings. The van der Waals surface area contributed by atoms with E-state index in [1.165, 1.54) is 24.8 Å². The Morgan fingerprint density at radius 3 is 2.50 bits per heavy atom. The molecular formula is C17H28N2O. The highest BCUT2D eigenvalue weighted by atomic mass is 16.5. The van der Waals surface area contributed by atoms with Crippen molar-refractivity contribution in [3.05, 3.63) is 29.8 Å². The van der Waals surface area contributed by atoms with Crippen LogP contribution in [0.4, 0.5) is 0 Å². The molecule has 0 atom stereocenters. The second-order valence-electron chi connectivity index (χ2n) is 6.35. The average Bonchev–Trinajstić information content (AvgIpc) is 2.33. The van der Waals surface area contributed by atoms with Crippen LogP contribution in [0, 0.1) is 0 Å². The van der Waals surface area contributed by atoms with E-state index in [0.717, 1.165) is 18.8 Å². The van der Waals surface area contributed by atoms with Crippen molar-refractivity contribution in [1.82, 2.24) is 10.2 Å². The molecule has 1 fully saturated rings. The molecular weight excluding hydrogens is 248 g/mol. The Morgan fingerprint density at radius 1 is 1.25 bits per heavy atom. The molecule has 3 heteroatoms. The van der Waals surface area contributed by atoms with E-state index in [1.807, 2.05) is 6.07 Å². The lowest BCUT2D eigenvalue weighted by molar-refractivity contribution is 0.0597. The molecule has 1 aliphatic rings. The molecule has 0 bridgehead atoms. The van der Waals surface area contributed by atoms with Crippen LogP contribution in [0.5, 0.6) is 5.75 Å². The van der Waals surface area contributed by atoms with Crippen molar-refractivity contribution in [2.45, 2.75) is 51.3 Å². The quantitative estimate of drug-likeness (QED) is 0.828. The van der Waals surface area contributed by atoms with Crippen LogP contribution in [0.2, 0.25) is 0 Å². The number of hydrogen-bond donors (Lipinski definition) is 1. The first-order valence-electron chi connectivity index (χ1n) is 7.66. The second kappa shape index (κ2) is 6.59. The molecule has 20 heavy (non-hydrogen) atoms. The van der Waals surface area contributed by atoms with Crippen LogP contribution in [0.3, 0.4) is 0 Å². The van der Waals surface area contributed by atoms with Crippen LogP contribution < -0.4 is 10.1 Å². The summed E-state index contributed by atoms with van der Waals surface area (Å²) in [6.45, 7) is 6.06. The lowest BCUT2D eigenvalue weighted by Gasteiger charge is -2.47. The normalized spacial score (nSPS) is 17.3. The summed E-state index contributed by atoms with van der Waals surface area (Å²) in [5.74, 6) is 1.00. The summed E-state index contributed by atoms with van der Waals surface area (Å²) in [6.07, 6.45) is 4.18. The van der Waals surface area contributed by atoms with Crippen molar-refractivity contribution in [2.24, 2.45) is 0 Å². The number of ether oxygens (including phenoxy) is 1. The molecule has 1 saturated carbocycles. The number of hydrogen-bond acceptors (Lipinski definition) is 3. The Morgan fingerprint density at radius 2 is 1.95 bits per heavy atom. The smallest absolute Gasteiger partial charge is 0.124 e. The topological polar surface area (TPSA) is 24.5 Å². The van der Waals surface area contributed by atoms with Gasteiger partial charge in [0.05, 0.1) is 6.10 Å². The molecule has 2 rings (SSSR count). The Labute approximate surface area is 123 Å². The summed E-state index contributed by atoms with van der Waals surface area (Å²) < 4.78 is 5.87. The van der Waals surface area contributed by atoms with Crippen LogP contribution >= 0.6 is 0 Å². The van der Waals surface area contributed by atoms with Gasteiger partial charge in [-0.15, -0.1) is 0 Å². The van der Waals surface area contributed by atoms with E-state index in [1.54, 1.807) is 0 Å². The third-order valence-electron chi connectivity index (χ3n) is 4.34. The van der Waals surface area contributed by atoms with Crippen LogP contribution in [0.1, 0.15) is 38.7 Å². The summed E-state index contributed by atoms with van der Waals surface area (Å²) in [5.41, 5.74) is 1.61. The van der Waals surface area contributed by atoms with E-state index in [9.17, 15) is 0 Å². The predicted octanol–water partition coefficient (Wildman–Crippen LogP) is 3.05. The molecule has 0 heterocycles. The highest BCUT2D eigenvalue weighted by molar-refractivity contribution is 5.33. The minimum absolute atomic E-state index is 0.218. The molecule has 0 aromatic heterocycles. The maximum atomic E-state index is 5.87. The van der Waals surface area contributed by atoms with Crippen molar-refractivity contribution in [2.75, 3.05) is 20.6 Å². The molecule has 1 aliphatic carbocycles. The molecule has 0 radical (unpaired) electrons. The lowest BCUT2D eigenvalue weighted by atomic mass is 9.75. The number of benzene rings is 1. The van der Waals surface area contributed by atoms with Crippen molar-refractivity contribution in [3.8, 4) is 5.75 Å². The van der Waals surface area contributed by atoms with E-state index < -0.39 is 0 Å². The largest absolute Gasteiger partial charge is 0.491 e. The summed E-state index contributed by atoms with van der Waals surface area (Å²) in [4.78, 5) is 2.38. The SMILES string of the molecule is CC(C)Oc1ccccc1CNCC1(N(C)C)CCC1. The number of likely N-dealkylation sites (N-methyl/N-ethyl adjacent to an activating group) is 1. The Hall–Kier alpha value is -1.06. The maximum absolute atomic E-state index is 5.87. The van der Waals surface area contributed by atoms with Crippen LogP contribution in [0.25, 0.3) is 0 Å². The monoisotopic (exact) mass is 276 g/mol. The summed E-state index contributed by atoms with van der Waals surface area (Å²) >= 11 is 0. The molecule has 3 nitrogen and oxygen atoms in total. The summed E-state index contributed by atoms with van der Waals surface area (Å²) in [5, 5.41) is 3.62. The minimum Gasteiger partial charge on any atom is -0.491 e. The van der Waals surface area contributed by atoms with Gasteiger partial charge in [0.25, 0.3) is 0 Å². The first kappa shape index (κ1) is 15.3. The molecule has 1 aromatic carbocycles. The van der Waals surface area contributed by atoms with Gasteiger partial charge in [-0.05, 0) is 53.3 Å². The van der Waals surface area contributed by atoms with Crippen molar-refractivity contribution >= 4 is 0 Å². The van der Waals surface area contributed by atoms with Gasteiger partial charge >= 0.3 is 0 Å². The lowest BCUT2D eigenvalue weighted by Crippen LogP contribution is -2.56. The Kier molecular flexibility index (Phi) is 5.06. The second-order valence-corrected chi connectivity index (χ2v) is 6.35. The first-order chi connectivity index (χ1) is 9.53. The zero-order valence-corrected chi connectivity index (χ0v) is 13.3. The van der Waals surface area contributed by atoms with E-state index in [4.69, 9.17) is 4.74 Å². The number of para-hydroxylation sites is 1. The maximum Gasteiger partial charge on any atom is 0.124 e. The van der Waals surface area contributed by atoms with Gasteiger partial charge in [-0.25, -0.2) is 0 Å². The Bertz CT molecular complexity index is 425. The highest BCUT2D eigenvalue weighted by Crippen LogP contribution is 2.35. The van der Waals surface area contributed by atoms with E-state index in [-0.39, 0.29) is 6.10 Å². The van der Waals surface area contributed by atoms with E-state index in [0.29, 0.717) is 5.54 Å². The van der Waals surface area contributed by atoms with Gasteiger partial charge in [0.1, 0.15) is 5.75 Å². The third kappa shape index (κ3) is 3.53. The number of nitrogens with one attached hydrogen (secondary N) is 1. The third-order valence-corrected chi connectivity index (χ3v) is 4.34. The number of nitrogens with zero attached hydrogens (tertiary/aromatic N) is 1.